The summed E-state index contributed by atoms with van der Waals surface area (Å²) in [6.45, 7) is 3.20. The fraction of sp³-hybridized carbons (Fsp3) is 0.161. The van der Waals surface area contributed by atoms with E-state index in [0.29, 0.717) is 43.2 Å². The molecule has 208 valence electrons. The highest BCUT2D eigenvalue weighted by Crippen LogP contribution is 2.36. The number of rotatable bonds is 7. The van der Waals surface area contributed by atoms with E-state index in [2.05, 4.69) is 15.9 Å². The van der Waals surface area contributed by atoms with Gasteiger partial charge in [0.15, 0.2) is 4.80 Å². The zero-order valence-corrected chi connectivity index (χ0v) is 24.8. The van der Waals surface area contributed by atoms with Gasteiger partial charge in [0.05, 0.1) is 35.6 Å². The fourth-order valence-corrected chi connectivity index (χ4v) is 5.96. The Morgan fingerprint density at radius 2 is 1.85 bits per heavy atom. The number of esters is 2. The number of nitrogens with zero attached hydrogens (tertiary/aromatic N) is 2. The Hall–Kier alpha value is -4.28. The summed E-state index contributed by atoms with van der Waals surface area (Å²) >= 11 is 4.63. The maximum absolute atomic E-state index is 14.1. The van der Waals surface area contributed by atoms with Crippen LogP contribution >= 0.6 is 27.3 Å². The van der Waals surface area contributed by atoms with E-state index in [-0.39, 0.29) is 17.7 Å². The van der Waals surface area contributed by atoms with Crippen LogP contribution in [-0.4, -0.2) is 30.2 Å². The van der Waals surface area contributed by atoms with Crippen LogP contribution in [0.3, 0.4) is 0 Å². The molecule has 2 heterocycles. The van der Waals surface area contributed by atoms with Crippen LogP contribution in [0, 0.1) is 0 Å². The molecule has 0 spiro atoms. The zero-order valence-electron chi connectivity index (χ0n) is 22.4. The molecule has 1 aromatic heterocycles. The van der Waals surface area contributed by atoms with Crippen LogP contribution in [0.2, 0.25) is 0 Å². The van der Waals surface area contributed by atoms with Crippen LogP contribution < -0.4 is 24.4 Å². The second-order valence-corrected chi connectivity index (χ2v) is 10.9. The van der Waals surface area contributed by atoms with Crippen molar-refractivity contribution in [2.75, 3.05) is 13.7 Å². The van der Waals surface area contributed by atoms with E-state index in [0.717, 1.165) is 4.47 Å². The fourth-order valence-electron chi connectivity index (χ4n) is 4.59. The van der Waals surface area contributed by atoms with Gasteiger partial charge in [-0.05, 0) is 48.9 Å². The molecule has 4 aromatic rings. The molecule has 1 aliphatic heterocycles. The normalized spacial score (nSPS) is 14.7. The summed E-state index contributed by atoms with van der Waals surface area (Å²) < 4.78 is 19.0. The van der Waals surface area contributed by atoms with E-state index in [1.54, 1.807) is 50.4 Å². The molecule has 0 amide bonds. The molecule has 0 N–H and O–H groups in total. The summed E-state index contributed by atoms with van der Waals surface area (Å²) in [6.07, 6.45) is 1.66. The van der Waals surface area contributed by atoms with Gasteiger partial charge in [0.25, 0.3) is 5.56 Å². The van der Waals surface area contributed by atoms with Gasteiger partial charge < -0.3 is 14.2 Å². The molecule has 10 heteroatoms. The van der Waals surface area contributed by atoms with E-state index in [1.807, 2.05) is 42.5 Å². The zero-order chi connectivity index (χ0) is 29.1. The Bertz CT molecular complexity index is 1860. The summed E-state index contributed by atoms with van der Waals surface area (Å²) in [5.74, 6) is -0.159. The summed E-state index contributed by atoms with van der Waals surface area (Å²) in [5, 5.41) is 0. The van der Waals surface area contributed by atoms with Crippen molar-refractivity contribution in [1.82, 2.24) is 4.57 Å². The molecule has 5 rings (SSSR count). The molecule has 3 aromatic carbocycles. The molecule has 0 unspecified atom stereocenters. The molecule has 0 saturated carbocycles. The molecule has 8 nitrogen and oxygen atoms in total. The highest BCUT2D eigenvalue weighted by Gasteiger charge is 2.35. The highest BCUT2D eigenvalue weighted by molar-refractivity contribution is 9.10. The predicted molar refractivity (Wildman–Crippen MR) is 160 cm³/mol. The Balaban J connectivity index is 1.83. The van der Waals surface area contributed by atoms with Gasteiger partial charge in [-0.25, -0.2) is 9.79 Å². The van der Waals surface area contributed by atoms with Crippen LogP contribution in [0.5, 0.6) is 11.5 Å². The average Bonchev–Trinajstić information content (AvgIpc) is 3.28. The number of thiazole rings is 1. The lowest BCUT2D eigenvalue weighted by Gasteiger charge is -2.26. The van der Waals surface area contributed by atoms with Gasteiger partial charge in [-0.2, -0.15) is 0 Å². The number of halogens is 1. The van der Waals surface area contributed by atoms with Crippen molar-refractivity contribution >= 4 is 51.0 Å². The monoisotopic (exact) mass is 632 g/mol. The molecule has 0 radical (unpaired) electrons. The number of ether oxygens (including phenoxy) is 3. The second kappa shape index (κ2) is 12.1. The minimum Gasteiger partial charge on any atom is -0.497 e. The first-order chi connectivity index (χ1) is 19.8. The molecule has 0 aliphatic carbocycles. The smallest absolute Gasteiger partial charge is 0.338 e. The molecule has 0 fully saturated rings. The maximum Gasteiger partial charge on any atom is 0.338 e. The molecular weight excluding hydrogens is 608 g/mol. The van der Waals surface area contributed by atoms with Crippen molar-refractivity contribution in [3.05, 3.63) is 119 Å². The molecule has 0 saturated heterocycles. The summed E-state index contributed by atoms with van der Waals surface area (Å²) in [5.41, 5.74) is 2.22. The number of benzene rings is 3. The Kier molecular flexibility index (Phi) is 8.32. The molecule has 1 atom stereocenters. The van der Waals surface area contributed by atoms with Crippen LogP contribution in [-0.2, 0) is 14.3 Å². The van der Waals surface area contributed by atoms with E-state index in [4.69, 9.17) is 19.2 Å². The number of methoxy groups -OCH3 is 1. The number of carbonyl (C=O) groups is 2. The number of aromatic nitrogens is 1. The predicted octanol–water partition coefficient (Wildman–Crippen LogP) is 4.63. The minimum absolute atomic E-state index is 0.154. The van der Waals surface area contributed by atoms with Gasteiger partial charge in [-0.15, -0.1) is 0 Å². The first kappa shape index (κ1) is 28.3. The minimum atomic E-state index is -0.840. The Morgan fingerprint density at radius 1 is 1.07 bits per heavy atom. The van der Waals surface area contributed by atoms with E-state index in [9.17, 15) is 14.4 Å². The summed E-state index contributed by atoms with van der Waals surface area (Å²) in [4.78, 5) is 44.7. The van der Waals surface area contributed by atoms with Gasteiger partial charge in [0.2, 0.25) is 0 Å². The van der Waals surface area contributed by atoms with Crippen molar-refractivity contribution in [2.45, 2.75) is 19.9 Å². The topological polar surface area (TPSA) is 96.2 Å². The number of hydrogen-bond acceptors (Lipinski definition) is 8. The number of fused-ring (bicyclic) bond motifs is 1. The lowest BCUT2D eigenvalue weighted by molar-refractivity contribution is -0.139. The lowest BCUT2D eigenvalue weighted by Crippen LogP contribution is -2.40. The largest absolute Gasteiger partial charge is 0.497 e. The van der Waals surface area contributed by atoms with E-state index < -0.39 is 18.0 Å². The number of carbonyl (C=O) groups excluding carboxylic acids is 2. The van der Waals surface area contributed by atoms with Crippen LogP contribution in [0.25, 0.3) is 11.8 Å². The molecule has 1 aliphatic rings. The van der Waals surface area contributed by atoms with Crippen LogP contribution in [0.15, 0.2) is 92.6 Å². The van der Waals surface area contributed by atoms with Gasteiger partial charge in [-0.1, -0.05) is 69.7 Å². The molecule has 0 bridgehead atoms. The van der Waals surface area contributed by atoms with Crippen molar-refractivity contribution in [2.24, 2.45) is 4.99 Å². The molecule has 41 heavy (non-hydrogen) atoms. The SMILES string of the molecule is CCOC(=O)C1=C(c2ccccc2)N=c2s/c(=C\c3cc(Br)ccc3OC(C)=O)c(=O)n2[C@@H]1c1cccc(OC)c1. The van der Waals surface area contributed by atoms with Gasteiger partial charge in [0.1, 0.15) is 11.5 Å². The van der Waals surface area contributed by atoms with E-state index in [1.165, 1.54) is 22.8 Å². The third-order valence-electron chi connectivity index (χ3n) is 6.30. The second-order valence-electron chi connectivity index (χ2n) is 8.98. The third-order valence-corrected chi connectivity index (χ3v) is 7.77. The van der Waals surface area contributed by atoms with Gasteiger partial charge in [-0.3, -0.25) is 14.2 Å². The van der Waals surface area contributed by atoms with E-state index >= 15 is 0 Å². The quantitative estimate of drug-likeness (QED) is 0.218. The third kappa shape index (κ3) is 5.79. The standard InChI is InChI=1S/C31H25BrN2O6S/c1-4-39-30(37)26-27(19-9-6-5-7-10-19)33-31-34(28(26)20-11-8-12-23(16-20)38-3)29(36)25(41-31)17-21-15-22(32)13-14-24(21)40-18(2)35/h5-17,28H,4H2,1-3H3/b25-17-/t28-/m1/s1. The summed E-state index contributed by atoms with van der Waals surface area (Å²) in [6, 6.07) is 20.9. The van der Waals surface area contributed by atoms with Gasteiger partial charge in [0, 0.05) is 22.5 Å². The van der Waals surface area contributed by atoms with Crippen molar-refractivity contribution in [3.63, 3.8) is 0 Å². The first-order valence-electron chi connectivity index (χ1n) is 12.7. The first-order valence-corrected chi connectivity index (χ1v) is 14.3. The lowest BCUT2D eigenvalue weighted by atomic mass is 9.93. The average molecular weight is 634 g/mol. The Morgan fingerprint density at radius 3 is 2.56 bits per heavy atom. The summed E-state index contributed by atoms with van der Waals surface area (Å²) in [7, 11) is 1.56. The van der Waals surface area contributed by atoms with Crippen molar-refractivity contribution in [1.29, 1.82) is 0 Å². The molecular formula is C31H25BrN2O6S. The van der Waals surface area contributed by atoms with Crippen LogP contribution in [0.1, 0.15) is 36.6 Å². The van der Waals surface area contributed by atoms with Crippen molar-refractivity contribution < 1.29 is 23.8 Å². The Labute approximate surface area is 248 Å². The highest BCUT2D eigenvalue weighted by atomic mass is 79.9. The maximum atomic E-state index is 14.1. The van der Waals surface area contributed by atoms with Crippen molar-refractivity contribution in [3.8, 4) is 11.5 Å². The number of hydrogen-bond donors (Lipinski definition) is 0. The van der Waals surface area contributed by atoms with Crippen LogP contribution in [0.4, 0.5) is 0 Å². The van der Waals surface area contributed by atoms with Gasteiger partial charge >= 0.3 is 11.9 Å².